The maximum Gasteiger partial charge on any atom is 0.348 e. The molecule has 3 heterocycles. The molecule has 4 rings (SSSR count). The highest BCUT2D eigenvalue weighted by Gasteiger charge is 2.18. The van der Waals surface area contributed by atoms with Crippen LogP contribution in [0.4, 0.5) is 0 Å². The number of hydrogen-bond donors (Lipinski definition) is 0. The topological polar surface area (TPSA) is 70.2 Å². The standard InChI is InChI=1S/C19H17N3O3S/c1-11-14-9-16(26-18(14)22(3)21-11)19(23)24-10-15-12(2)25-17(20-15)13-7-5-4-6-8-13/h4-9H,10H2,1-3H3. The summed E-state index contributed by atoms with van der Waals surface area (Å²) in [4.78, 5) is 18.4. The summed E-state index contributed by atoms with van der Waals surface area (Å²) in [7, 11) is 1.87. The van der Waals surface area contributed by atoms with Gasteiger partial charge in [0.05, 0.1) is 5.69 Å². The molecule has 4 aromatic rings. The van der Waals surface area contributed by atoms with Crippen LogP contribution in [0.3, 0.4) is 0 Å². The number of thiophene rings is 1. The van der Waals surface area contributed by atoms with Crippen LogP contribution in [-0.4, -0.2) is 20.7 Å². The average molecular weight is 367 g/mol. The first-order valence-corrected chi connectivity index (χ1v) is 8.96. The van der Waals surface area contributed by atoms with Crippen LogP contribution in [0, 0.1) is 13.8 Å². The fraction of sp³-hybridized carbons (Fsp3) is 0.211. The SMILES string of the molecule is Cc1oc(-c2ccccc2)nc1COC(=O)c1cc2c(C)nn(C)c2s1. The van der Waals surface area contributed by atoms with Crippen molar-refractivity contribution in [1.82, 2.24) is 14.8 Å². The predicted molar refractivity (Wildman–Crippen MR) is 99.1 cm³/mol. The van der Waals surface area contributed by atoms with Gasteiger partial charge in [-0.2, -0.15) is 5.10 Å². The third-order valence-electron chi connectivity index (χ3n) is 4.15. The quantitative estimate of drug-likeness (QED) is 0.504. The number of oxazole rings is 1. The molecular formula is C19H17N3O3S. The molecule has 3 aromatic heterocycles. The second-order valence-corrected chi connectivity index (χ2v) is 7.03. The van der Waals surface area contributed by atoms with Gasteiger partial charge in [0.1, 0.15) is 27.8 Å². The van der Waals surface area contributed by atoms with Crippen LogP contribution in [0.15, 0.2) is 40.8 Å². The first-order chi connectivity index (χ1) is 12.5. The smallest absolute Gasteiger partial charge is 0.348 e. The second kappa shape index (κ2) is 6.42. The lowest BCUT2D eigenvalue weighted by Gasteiger charge is -2.00. The molecule has 0 aliphatic carbocycles. The molecule has 0 saturated heterocycles. The summed E-state index contributed by atoms with van der Waals surface area (Å²) in [6.45, 7) is 3.82. The number of aryl methyl sites for hydroxylation is 3. The van der Waals surface area contributed by atoms with E-state index in [1.807, 2.05) is 57.3 Å². The van der Waals surface area contributed by atoms with E-state index in [-0.39, 0.29) is 12.6 Å². The molecule has 0 aliphatic heterocycles. The van der Waals surface area contributed by atoms with E-state index in [1.54, 1.807) is 4.68 Å². The molecule has 7 heteroatoms. The van der Waals surface area contributed by atoms with Crippen LogP contribution in [0.25, 0.3) is 21.7 Å². The van der Waals surface area contributed by atoms with Gasteiger partial charge in [0.15, 0.2) is 0 Å². The van der Waals surface area contributed by atoms with Crippen LogP contribution >= 0.6 is 11.3 Å². The van der Waals surface area contributed by atoms with Crippen molar-refractivity contribution in [3.63, 3.8) is 0 Å². The highest BCUT2D eigenvalue weighted by Crippen LogP contribution is 2.28. The largest absolute Gasteiger partial charge is 0.455 e. The number of hydrogen-bond acceptors (Lipinski definition) is 6. The monoisotopic (exact) mass is 367 g/mol. The molecule has 0 saturated carbocycles. The first-order valence-electron chi connectivity index (χ1n) is 8.15. The van der Waals surface area contributed by atoms with Crippen LogP contribution in [0.2, 0.25) is 0 Å². The molecule has 0 amide bonds. The lowest BCUT2D eigenvalue weighted by molar-refractivity contribution is 0.0473. The van der Waals surface area contributed by atoms with Gasteiger partial charge in [-0.3, -0.25) is 4.68 Å². The van der Waals surface area contributed by atoms with E-state index >= 15 is 0 Å². The zero-order valence-electron chi connectivity index (χ0n) is 14.6. The lowest BCUT2D eigenvalue weighted by Crippen LogP contribution is -2.04. The van der Waals surface area contributed by atoms with Crippen molar-refractivity contribution in [3.8, 4) is 11.5 Å². The molecule has 6 nitrogen and oxygen atoms in total. The molecule has 0 radical (unpaired) electrons. The Morgan fingerprint density at radius 1 is 1.27 bits per heavy atom. The number of aromatic nitrogens is 3. The zero-order valence-corrected chi connectivity index (χ0v) is 15.5. The zero-order chi connectivity index (χ0) is 18.3. The minimum atomic E-state index is -0.366. The first kappa shape index (κ1) is 16.5. The molecule has 0 spiro atoms. The van der Waals surface area contributed by atoms with Gasteiger partial charge in [-0.1, -0.05) is 18.2 Å². The Hall–Kier alpha value is -2.93. The Kier molecular flexibility index (Phi) is 4.08. The Bertz CT molecular complexity index is 1060. The van der Waals surface area contributed by atoms with E-state index in [4.69, 9.17) is 9.15 Å². The van der Waals surface area contributed by atoms with Gasteiger partial charge < -0.3 is 9.15 Å². The fourth-order valence-corrected chi connectivity index (χ4v) is 3.79. The van der Waals surface area contributed by atoms with E-state index < -0.39 is 0 Å². The van der Waals surface area contributed by atoms with E-state index in [2.05, 4.69) is 10.1 Å². The normalized spacial score (nSPS) is 11.2. The molecule has 0 bridgehead atoms. The minimum Gasteiger partial charge on any atom is -0.455 e. The number of fused-ring (bicyclic) bond motifs is 1. The molecular weight excluding hydrogens is 350 g/mol. The van der Waals surface area contributed by atoms with Crippen molar-refractivity contribution in [3.05, 3.63) is 58.4 Å². The van der Waals surface area contributed by atoms with Crippen molar-refractivity contribution < 1.29 is 13.9 Å². The third kappa shape index (κ3) is 2.90. The summed E-state index contributed by atoms with van der Waals surface area (Å²) in [5.74, 6) is 0.806. The highest BCUT2D eigenvalue weighted by molar-refractivity contribution is 7.20. The van der Waals surface area contributed by atoms with Crippen LogP contribution < -0.4 is 0 Å². The van der Waals surface area contributed by atoms with Crippen LogP contribution in [0.5, 0.6) is 0 Å². The number of nitrogens with zero attached hydrogens (tertiary/aromatic N) is 3. The lowest BCUT2D eigenvalue weighted by atomic mass is 10.2. The van der Waals surface area contributed by atoms with Gasteiger partial charge in [-0.15, -0.1) is 11.3 Å². The number of esters is 1. The Balaban J connectivity index is 1.50. The maximum atomic E-state index is 12.4. The van der Waals surface area contributed by atoms with Crippen molar-refractivity contribution in [1.29, 1.82) is 0 Å². The molecule has 0 N–H and O–H groups in total. The third-order valence-corrected chi connectivity index (χ3v) is 5.33. The number of carbonyl (C=O) groups excluding carboxylic acids is 1. The Morgan fingerprint density at radius 2 is 2.04 bits per heavy atom. The Labute approximate surface area is 154 Å². The van der Waals surface area contributed by atoms with Crippen molar-refractivity contribution in [2.45, 2.75) is 20.5 Å². The number of ether oxygens (including phenoxy) is 1. The Morgan fingerprint density at radius 3 is 2.77 bits per heavy atom. The average Bonchev–Trinajstić information content (AvgIpc) is 3.30. The van der Waals surface area contributed by atoms with Crippen molar-refractivity contribution in [2.75, 3.05) is 0 Å². The van der Waals surface area contributed by atoms with Crippen molar-refractivity contribution >= 4 is 27.5 Å². The number of rotatable bonds is 4. The summed E-state index contributed by atoms with van der Waals surface area (Å²) in [6.07, 6.45) is 0. The molecule has 132 valence electrons. The van der Waals surface area contributed by atoms with E-state index in [9.17, 15) is 4.79 Å². The van der Waals surface area contributed by atoms with Crippen LogP contribution in [0.1, 0.15) is 26.8 Å². The minimum absolute atomic E-state index is 0.0759. The number of carbonyl (C=O) groups is 1. The molecule has 0 unspecified atom stereocenters. The number of benzene rings is 1. The van der Waals surface area contributed by atoms with Gasteiger partial charge >= 0.3 is 5.97 Å². The highest BCUT2D eigenvalue weighted by atomic mass is 32.1. The van der Waals surface area contributed by atoms with Gasteiger partial charge in [-0.25, -0.2) is 9.78 Å². The van der Waals surface area contributed by atoms with Gasteiger partial charge in [0.25, 0.3) is 0 Å². The molecule has 26 heavy (non-hydrogen) atoms. The molecule has 0 atom stereocenters. The van der Waals surface area contributed by atoms with Crippen LogP contribution in [-0.2, 0) is 18.4 Å². The molecule has 1 aromatic carbocycles. The van der Waals surface area contributed by atoms with Gasteiger partial charge in [0, 0.05) is 18.0 Å². The van der Waals surface area contributed by atoms with Gasteiger partial charge in [0.2, 0.25) is 5.89 Å². The maximum absolute atomic E-state index is 12.4. The van der Waals surface area contributed by atoms with E-state index in [0.717, 1.165) is 21.5 Å². The fourth-order valence-electron chi connectivity index (χ4n) is 2.78. The van der Waals surface area contributed by atoms with Gasteiger partial charge in [-0.05, 0) is 32.0 Å². The predicted octanol–water partition coefficient (Wildman–Crippen LogP) is 4.26. The summed E-state index contributed by atoms with van der Waals surface area (Å²) in [5.41, 5.74) is 2.41. The summed E-state index contributed by atoms with van der Waals surface area (Å²) < 4.78 is 12.9. The molecule has 0 fully saturated rings. The summed E-state index contributed by atoms with van der Waals surface area (Å²) >= 11 is 1.38. The summed E-state index contributed by atoms with van der Waals surface area (Å²) in [5, 5.41) is 5.32. The van der Waals surface area contributed by atoms with E-state index in [1.165, 1.54) is 11.3 Å². The second-order valence-electron chi connectivity index (χ2n) is 6.00. The molecule has 0 aliphatic rings. The summed E-state index contributed by atoms with van der Waals surface area (Å²) in [6, 6.07) is 11.5. The van der Waals surface area contributed by atoms with Crippen molar-refractivity contribution in [2.24, 2.45) is 7.05 Å². The van der Waals surface area contributed by atoms with E-state index in [0.29, 0.717) is 22.2 Å².